The zero-order chi connectivity index (χ0) is 18.1. The lowest BCUT2D eigenvalue weighted by Crippen LogP contribution is -2.47. The van der Waals surface area contributed by atoms with Crippen LogP contribution in [0.3, 0.4) is 0 Å². The van der Waals surface area contributed by atoms with Gasteiger partial charge >= 0.3 is 0 Å². The molecule has 3 aliphatic rings. The minimum Gasteiger partial charge on any atom is -0.333 e. The highest BCUT2D eigenvalue weighted by Gasteiger charge is 2.42. The van der Waals surface area contributed by atoms with Crippen LogP contribution in [0.1, 0.15) is 42.7 Å². The standard InChI is InChI=1S/C20H24N2O3S/c23-11-16-20(26-12-21-16)19(25)17-6-3-9-22(17)18(24)10-14-8-7-13-4-1-2-5-15(13)14/h1-2,4-5,11,14,16-17,20-21H,3,6-10,12H2/t14?,16-,17+,20?/m1/s1. The minimum absolute atomic E-state index is 0.0368. The molecule has 5 nitrogen and oxygen atoms in total. The summed E-state index contributed by atoms with van der Waals surface area (Å²) in [5.74, 6) is 0.996. The molecule has 4 atom stereocenters. The summed E-state index contributed by atoms with van der Waals surface area (Å²) in [5.41, 5.74) is 2.64. The van der Waals surface area contributed by atoms with Gasteiger partial charge in [0.1, 0.15) is 6.29 Å². The number of fused-ring (bicyclic) bond motifs is 1. The number of nitrogens with zero attached hydrogens (tertiary/aromatic N) is 1. The highest BCUT2D eigenvalue weighted by atomic mass is 32.2. The maximum absolute atomic E-state index is 13.0. The molecule has 2 fully saturated rings. The van der Waals surface area contributed by atoms with Crippen molar-refractivity contribution in [1.82, 2.24) is 10.2 Å². The monoisotopic (exact) mass is 372 g/mol. The van der Waals surface area contributed by atoms with E-state index in [1.807, 2.05) is 6.07 Å². The Bertz CT molecular complexity index is 723. The number of carbonyl (C=O) groups is 3. The Balaban J connectivity index is 1.44. The van der Waals surface area contributed by atoms with Gasteiger partial charge < -0.3 is 9.69 Å². The summed E-state index contributed by atoms with van der Waals surface area (Å²) in [7, 11) is 0. The topological polar surface area (TPSA) is 66.5 Å². The third-order valence-electron chi connectivity index (χ3n) is 5.91. The zero-order valence-corrected chi connectivity index (χ0v) is 15.5. The number of nitrogens with one attached hydrogen (secondary N) is 1. The third kappa shape index (κ3) is 3.21. The molecule has 0 aromatic heterocycles. The SMILES string of the molecule is O=C[C@H]1NCSC1C(=O)[C@@H]1CCCN1C(=O)CC1CCc2ccccc21. The van der Waals surface area contributed by atoms with Crippen molar-refractivity contribution in [1.29, 1.82) is 0 Å². The molecule has 2 aliphatic heterocycles. The van der Waals surface area contributed by atoms with E-state index in [1.165, 1.54) is 22.9 Å². The predicted octanol–water partition coefficient (Wildman–Crippen LogP) is 1.90. The van der Waals surface area contributed by atoms with Gasteiger partial charge in [0.25, 0.3) is 0 Å². The van der Waals surface area contributed by atoms with E-state index in [2.05, 4.69) is 23.5 Å². The molecule has 1 aromatic carbocycles. The number of thioether (sulfide) groups is 1. The van der Waals surface area contributed by atoms with Gasteiger partial charge in [0.15, 0.2) is 5.78 Å². The van der Waals surface area contributed by atoms with Crippen molar-refractivity contribution in [2.24, 2.45) is 0 Å². The van der Waals surface area contributed by atoms with Gasteiger partial charge in [0, 0.05) is 18.8 Å². The van der Waals surface area contributed by atoms with Crippen molar-refractivity contribution in [2.45, 2.75) is 55.4 Å². The first-order chi connectivity index (χ1) is 12.7. The molecule has 1 amide bonds. The summed E-state index contributed by atoms with van der Waals surface area (Å²) in [4.78, 5) is 38.9. The summed E-state index contributed by atoms with van der Waals surface area (Å²) in [6, 6.07) is 7.57. The van der Waals surface area contributed by atoms with Gasteiger partial charge in [-0.25, -0.2) is 0 Å². The second kappa shape index (κ2) is 7.53. The number of carbonyl (C=O) groups excluding carboxylic acids is 3. The van der Waals surface area contributed by atoms with Crippen molar-refractivity contribution in [3.8, 4) is 0 Å². The van der Waals surface area contributed by atoms with E-state index in [0.717, 1.165) is 25.5 Å². The summed E-state index contributed by atoms with van der Waals surface area (Å²) in [6.45, 7) is 0.653. The maximum atomic E-state index is 13.0. The Morgan fingerprint density at radius 2 is 2.12 bits per heavy atom. The first kappa shape index (κ1) is 17.7. The van der Waals surface area contributed by atoms with Gasteiger partial charge in [-0.2, -0.15) is 0 Å². The fourth-order valence-corrected chi connectivity index (χ4v) is 5.72. The van der Waals surface area contributed by atoms with Crippen LogP contribution in [0.15, 0.2) is 24.3 Å². The lowest BCUT2D eigenvalue weighted by molar-refractivity contribution is -0.138. The number of benzene rings is 1. The smallest absolute Gasteiger partial charge is 0.223 e. The molecule has 0 saturated carbocycles. The van der Waals surface area contributed by atoms with E-state index < -0.39 is 6.04 Å². The largest absolute Gasteiger partial charge is 0.333 e. The zero-order valence-electron chi connectivity index (χ0n) is 14.7. The van der Waals surface area contributed by atoms with Crippen molar-refractivity contribution in [2.75, 3.05) is 12.4 Å². The van der Waals surface area contributed by atoms with Gasteiger partial charge in [-0.15, -0.1) is 11.8 Å². The van der Waals surface area contributed by atoms with E-state index in [1.54, 1.807) is 4.90 Å². The summed E-state index contributed by atoms with van der Waals surface area (Å²) >= 11 is 1.48. The number of aryl methyl sites for hydroxylation is 1. The lowest BCUT2D eigenvalue weighted by atomic mass is 9.96. The van der Waals surface area contributed by atoms with Gasteiger partial charge in [-0.1, -0.05) is 24.3 Å². The fraction of sp³-hybridized carbons (Fsp3) is 0.550. The average molecular weight is 372 g/mol. The Labute approximate surface area is 157 Å². The number of amides is 1. The molecule has 6 heteroatoms. The van der Waals surface area contributed by atoms with Crippen LogP contribution in [-0.2, 0) is 20.8 Å². The normalized spacial score (nSPS) is 30.4. The van der Waals surface area contributed by atoms with Crippen LogP contribution in [0, 0.1) is 0 Å². The van der Waals surface area contributed by atoms with Gasteiger partial charge in [0.05, 0.1) is 17.3 Å². The number of aldehydes is 1. The van der Waals surface area contributed by atoms with E-state index in [9.17, 15) is 14.4 Å². The number of hydrogen-bond donors (Lipinski definition) is 1. The summed E-state index contributed by atoms with van der Waals surface area (Å²) < 4.78 is 0. The van der Waals surface area contributed by atoms with Crippen LogP contribution >= 0.6 is 11.8 Å². The van der Waals surface area contributed by atoms with Crippen LogP contribution in [0.25, 0.3) is 0 Å². The number of hydrogen-bond acceptors (Lipinski definition) is 5. The minimum atomic E-state index is -0.424. The van der Waals surface area contributed by atoms with Crippen molar-refractivity contribution < 1.29 is 14.4 Å². The Morgan fingerprint density at radius 3 is 2.96 bits per heavy atom. The van der Waals surface area contributed by atoms with Crippen molar-refractivity contribution in [3.05, 3.63) is 35.4 Å². The second-order valence-electron chi connectivity index (χ2n) is 7.38. The number of likely N-dealkylation sites (tertiary alicyclic amines) is 1. The van der Waals surface area contributed by atoms with Crippen LogP contribution in [0.2, 0.25) is 0 Å². The number of ketones is 1. The molecule has 2 unspecified atom stereocenters. The quantitative estimate of drug-likeness (QED) is 0.800. The van der Waals surface area contributed by atoms with Crippen LogP contribution in [0.4, 0.5) is 0 Å². The van der Waals surface area contributed by atoms with Gasteiger partial charge in [0.2, 0.25) is 5.91 Å². The molecule has 0 radical (unpaired) electrons. The predicted molar refractivity (Wildman–Crippen MR) is 101 cm³/mol. The molecule has 4 rings (SSSR count). The highest BCUT2D eigenvalue weighted by Crippen LogP contribution is 2.36. The molecule has 0 bridgehead atoms. The average Bonchev–Trinajstić information content (AvgIpc) is 3.40. The molecular weight excluding hydrogens is 348 g/mol. The van der Waals surface area contributed by atoms with Gasteiger partial charge in [-0.3, -0.25) is 14.9 Å². The lowest BCUT2D eigenvalue weighted by Gasteiger charge is -2.27. The Kier molecular flexibility index (Phi) is 5.14. The van der Waals surface area contributed by atoms with E-state index in [0.29, 0.717) is 25.3 Å². The number of Topliss-reactive ketones (excluding diaryl/α,β-unsaturated/α-hetero) is 1. The Morgan fingerprint density at radius 1 is 1.27 bits per heavy atom. The van der Waals surface area contributed by atoms with E-state index in [4.69, 9.17) is 0 Å². The highest BCUT2D eigenvalue weighted by molar-refractivity contribution is 8.00. The molecule has 1 aliphatic carbocycles. The van der Waals surface area contributed by atoms with Crippen molar-refractivity contribution >= 4 is 29.7 Å². The fourth-order valence-electron chi connectivity index (χ4n) is 4.56. The third-order valence-corrected chi connectivity index (χ3v) is 7.13. The molecule has 2 saturated heterocycles. The molecular formula is C20H24N2O3S. The summed E-state index contributed by atoms with van der Waals surface area (Å²) in [6.07, 6.45) is 4.91. The molecule has 1 N–H and O–H groups in total. The first-order valence-corrected chi connectivity index (χ1v) is 10.4. The Hall–Kier alpha value is -1.66. The second-order valence-corrected chi connectivity index (χ2v) is 8.51. The van der Waals surface area contributed by atoms with Crippen LogP contribution in [-0.4, -0.2) is 52.6 Å². The van der Waals surface area contributed by atoms with E-state index >= 15 is 0 Å². The van der Waals surface area contributed by atoms with E-state index in [-0.39, 0.29) is 28.9 Å². The van der Waals surface area contributed by atoms with Crippen LogP contribution in [0.5, 0.6) is 0 Å². The van der Waals surface area contributed by atoms with Gasteiger partial charge in [-0.05, 0) is 42.7 Å². The molecule has 138 valence electrons. The number of rotatable bonds is 5. The maximum Gasteiger partial charge on any atom is 0.223 e. The molecule has 1 aromatic rings. The molecule has 2 heterocycles. The van der Waals surface area contributed by atoms with Crippen molar-refractivity contribution in [3.63, 3.8) is 0 Å². The molecule has 26 heavy (non-hydrogen) atoms. The first-order valence-electron chi connectivity index (χ1n) is 9.40. The summed E-state index contributed by atoms with van der Waals surface area (Å²) in [5, 5.41) is 2.68. The molecule has 0 spiro atoms. The van der Waals surface area contributed by atoms with Crippen LogP contribution < -0.4 is 5.32 Å².